The van der Waals surface area contributed by atoms with Gasteiger partial charge in [-0.25, -0.2) is 18.0 Å². The van der Waals surface area contributed by atoms with Crippen LogP contribution in [0.1, 0.15) is 29.3 Å². The van der Waals surface area contributed by atoms with Crippen LogP contribution in [0.2, 0.25) is 0 Å². The number of carboxylic acid groups (broad SMARTS) is 1. The maximum absolute atomic E-state index is 15.3. The molecule has 0 amide bonds. The van der Waals surface area contributed by atoms with Crippen LogP contribution < -0.4 is 16.1 Å². The summed E-state index contributed by atoms with van der Waals surface area (Å²) in [4.78, 5) is 26.3. The van der Waals surface area contributed by atoms with E-state index >= 15 is 4.39 Å². The maximum Gasteiger partial charge on any atom is 0.341 e. The van der Waals surface area contributed by atoms with Gasteiger partial charge in [0, 0.05) is 37.0 Å². The monoisotopic (exact) mass is 445 g/mol. The van der Waals surface area contributed by atoms with Crippen molar-refractivity contribution < 1.29 is 23.1 Å². The fraction of sp³-hybridized carbons (Fsp3) is 0.304. The van der Waals surface area contributed by atoms with E-state index in [2.05, 4.69) is 0 Å². The SMILES string of the molecule is Cc1c(N2CC[C@@H](N)[C@@H](C)C2)c(F)cc2c(=O)c(C(=O)O)cn(-c3ccc(F)cc3F)c12. The van der Waals surface area contributed by atoms with Crippen LogP contribution in [-0.4, -0.2) is 34.8 Å². The highest BCUT2D eigenvalue weighted by molar-refractivity contribution is 5.96. The summed E-state index contributed by atoms with van der Waals surface area (Å²) in [5.41, 5.74) is 5.15. The minimum Gasteiger partial charge on any atom is -0.477 e. The molecule has 1 fully saturated rings. The second kappa shape index (κ2) is 7.98. The molecule has 1 aromatic heterocycles. The molecule has 1 aliphatic rings. The highest BCUT2D eigenvalue weighted by Gasteiger charge is 2.28. The summed E-state index contributed by atoms with van der Waals surface area (Å²) in [5, 5.41) is 9.28. The van der Waals surface area contributed by atoms with Crippen molar-refractivity contribution in [3.8, 4) is 5.69 Å². The van der Waals surface area contributed by atoms with Crippen LogP contribution in [0.4, 0.5) is 18.9 Å². The number of hydrogen-bond acceptors (Lipinski definition) is 4. The number of fused-ring (bicyclic) bond motifs is 1. The molecule has 3 N–H and O–H groups in total. The summed E-state index contributed by atoms with van der Waals surface area (Å²) >= 11 is 0. The van der Waals surface area contributed by atoms with Gasteiger partial charge in [-0.2, -0.15) is 0 Å². The molecule has 0 bridgehead atoms. The van der Waals surface area contributed by atoms with E-state index in [9.17, 15) is 23.5 Å². The molecule has 0 spiro atoms. The van der Waals surface area contributed by atoms with Crippen molar-refractivity contribution in [2.75, 3.05) is 18.0 Å². The van der Waals surface area contributed by atoms with E-state index in [0.717, 1.165) is 24.4 Å². The zero-order chi connectivity index (χ0) is 23.3. The molecule has 1 saturated heterocycles. The van der Waals surface area contributed by atoms with Gasteiger partial charge in [0.25, 0.3) is 0 Å². The number of aryl methyl sites for hydroxylation is 1. The van der Waals surface area contributed by atoms with Gasteiger partial charge in [-0.3, -0.25) is 4.79 Å². The van der Waals surface area contributed by atoms with Gasteiger partial charge in [0.15, 0.2) is 0 Å². The first-order chi connectivity index (χ1) is 15.1. The lowest BCUT2D eigenvalue weighted by Crippen LogP contribution is -2.46. The van der Waals surface area contributed by atoms with Crippen molar-refractivity contribution in [2.24, 2.45) is 11.7 Å². The van der Waals surface area contributed by atoms with E-state index in [1.165, 1.54) is 4.57 Å². The van der Waals surface area contributed by atoms with Crippen molar-refractivity contribution in [3.05, 3.63) is 69.3 Å². The molecule has 32 heavy (non-hydrogen) atoms. The number of carbonyl (C=O) groups is 1. The Labute approximate surface area is 181 Å². The molecule has 0 saturated carbocycles. The number of aromatic carboxylic acids is 1. The number of rotatable bonds is 3. The second-order valence-corrected chi connectivity index (χ2v) is 8.25. The van der Waals surface area contributed by atoms with Crippen LogP contribution in [0.15, 0.2) is 35.3 Å². The quantitative estimate of drug-likeness (QED) is 0.643. The molecule has 4 rings (SSSR count). The van der Waals surface area contributed by atoms with Crippen molar-refractivity contribution >= 4 is 22.6 Å². The third kappa shape index (κ3) is 3.52. The van der Waals surface area contributed by atoms with Gasteiger partial charge in [0.05, 0.1) is 22.3 Å². The van der Waals surface area contributed by atoms with Gasteiger partial charge in [0.1, 0.15) is 23.0 Å². The standard InChI is InChI=1S/C23H22F3N3O3/c1-11-9-28(6-5-18(11)27)21-12(2)20-14(8-17(21)26)22(30)15(23(31)32)10-29(20)19-4-3-13(24)7-16(19)25/h3-4,7-8,10-11,18H,5-6,9,27H2,1-2H3,(H,31,32)/t11-,18+/m0/s1. The number of pyridine rings is 1. The number of nitrogens with two attached hydrogens (primary N) is 1. The highest BCUT2D eigenvalue weighted by atomic mass is 19.1. The number of halogens is 3. The van der Waals surface area contributed by atoms with E-state index < -0.39 is 34.4 Å². The molecule has 168 valence electrons. The molecule has 2 atom stereocenters. The fourth-order valence-electron chi connectivity index (χ4n) is 4.41. The van der Waals surface area contributed by atoms with Crippen molar-refractivity contribution in [1.82, 2.24) is 4.57 Å². The Hall–Kier alpha value is -3.33. The maximum atomic E-state index is 15.3. The molecule has 1 aliphatic heterocycles. The summed E-state index contributed by atoms with van der Waals surface area (Å²) in [6.07, 6.45) is 1.64. The van der Waals surface area contributed by atoms with Crippen LogP contribution >= 0.6 is 0 Å². The topological polar surface area (TPSA) is 88.6 Å². The Morgan fingerprint density at radius 2 is 1.91 bits per heavy atom. The molecule has 6 nitrogen and oxygen atoms in total. The summed E-state index contributed by atoms with van der Waals surface area (Å²) in [6.45, 7) is 4.55. The van der Waals surface area contributed by atoms with Crippen LogP contribution in [0, 0.1) is 30.3 Å². The third-order valence-corrected chi connectivity index (χ3v) is 6.14. The number of nitrogens with zero attached hydrogens (tertiary/aromatic N) is 2. The summed E-state index contributed by atoms with van der Waals surface area (Å²) in [7, 11) is 0. The lowest BCUT2D eigenvalue weighted by atomic mass is 9.93. The molecule has 2 aromatic carbocycles. The zero-order valence-electron chi connectivity index (χ0n) is 17.5. The number of carboxylic acids is 1. The van der Waals surface area contributed by atoms with Crippen LogP contribution in [-0.2, 0) is 0 Å². The predicted molar refractivity (Wildman–Crippen MR) is 115 cm³/mol. The Balaban J connectivity index is 2.07. The molecule has 0 radical (unpaired) electrons. The van der Waals surface area contributed by atoms with Gasteiger partial charge in [-0.15, -0.1) is 0 Å². The highest BCUT2D eigenvalue weighted by Crippen LogP contribution is 2.34. The van der Waals surface area contributed by atoms with Gasteiger partial charge >= 0.3 is 5.97 Å². The molecular formula is C23H22F3N3O3. The summed E-state index contributed by atoms with van der Waals surface area (Å²) in [5.74, 6) is -3.87. The number of hydrogen-bond donors (Lipinski definition) is 2. The number of piperidine rings is 1. The van der Waals surface area contributed by atoms with Gasteiger partial charge in [-0.05, 0) is 37.5 Å². The third-order valence-electron chi connectivity index (χ3n) is 6.14. The van der Waals surface area contributed by atoms with Crippen LogP contribution in [0.25, 0.3) is 16.6 Å². The first-order valence-electron chi connectivity index (χ1n) is 10.2. The zero-order valence-corrected chi connectivity index (χ0v) is 17.5. The number of aromatic nitrogens is 1. The van der Waals surface area contributed by atoms with Crippen molar-refractivity contribution in [3.63, 3.8) is 0 Å². The number of anilines is 1. The van der Waals surface area contributed by atoms with Crippen LogP contribution in [0.3, 0.4) is 0 Å². The second-order valence-electron chi connectivity index (χ2n) is 8.25. The normalized spacial score (nSPS) is 18.9. The van der Waals surface area contributed by atoms with Gasteiger partial charge in [-0.1, -0.05) is 6.92 Å². The van der Waals surface area contributed by atoms with E-state index in [1.807, 2.05) is 11.8 Å². The Morgan fingerprint density at radius 3 is 2.53 bits per heavy atom. The molecule has 0 unspecified atom stereocenters. The lowest BCUT2D eigenvalue weighted by Gasteiger charge is -2.37. The van der Waals surface area contributed by atoms with E-state index in [1.54, 1.807) is 6.92 Å². The van der Waals surface area contributed by atoms with Crippen LogP contribution in [0.5, 0.6) is 0 Å². The van der Waals surface area contributed by atoms with Crippen molar-refractivity contribution in [2.45, 2.75) is 26.3 Å². The minimum atomic E-state index is -1.53. The molecule has 3 aromatic rings. The Kier molecular flexibility index (Phi) is 5.46. The average Bonchev–Trinajstić information content (AvgIpc) is 2.71. The van der Waals surface area contributed by atoms with Crippen molar-refractivity contribution in [1.29, 1.82) is 0 Å². The minimum absolute atomic E-state index is 0.0142. The average molecular weight is 445 g/mol. The van der Waals surface area contributed by atoms with Gasteiger partial charge in [0.2, 0.25) is 5.43 Å². The summed E-state index contributed by atoms with van der Waals surface area (Å²) < 4.78 is 44.6. The first kappa shape index (κ1) is 21.9. The van der Waals surface area contributed by atoms with E-state index in [-0.39, 0.29) is 34.2 Å². The Morgan fingerprint density at radius 1 is 1.19 bits per heavy atom. The Bertz CT molecular complexity index is 1310. The molecule has 0 aliphatic carbocycles. The predicted octanol–water partition coefficient (Wildman–Crippen LogP) is 3.59. The summed E-state index contributed by atoms with van der Waals surface area (Å²) in [6, 6.07) is 3.80. The molecular weight excluding hydrogens is 423 g/mol. The molecule has 2 heterocycles. The molecule has 9 heteroatoms. The largest absolute Gasteiger partial charge is 0.477 e. The van der Waals surface area contributed by atoms with Gasteiger partial charge < -0.3 is 20.3 Å². The van der Waals surface area contributed by atoms with E-state index in [0.29, 0.717) is 31.1 Å². The number of benzene rings is 2. The smallest absolute Gasteiger partial charge is 0.341 e. The lowest BCUT2D eigenvalue weighted by molar-refractivity contribution is 0.0695. The first-order valence-corrected chi connectivity index (χ1v) is 10.2. The van der Waals surface area contributed by atoms with E-state index in [4.69, 9.17) is 5.73 Å². The fourth-order valence-corrected chi connectivity index (χ4v) is 4.41.